The van der Waals surface area contributed by atoms with E-state index in [1.54, 1.807) is 7.05 Å². The molecule has 0 saturated carbocycles. The largest absolute Gasteiger partial charge is 0.381 e. The monoisotopic (exact) mass is 369 g/mol. The van der Waals surface area contributed by atoms with Crippen LogP contribution in [0.15, 0.2) is 40.9 Å². The number of nitrogens with one attached hydrogen (secondary N) is 1. The molecular formula is C21H27N3O3. The number of carbonyl (C=O) groups is 1. The Labute approximate surface area is 159 Å². The van der Waals surface area contributed by atoms with E-state index < -0.39 is 5.41 Å². The summed E-state index contributed by atoms with van der Waals surface area (Å²) in [6.45, 7) is 3.34. The second kappa shape index (κ2) is 7.82. The second-order valence-electron chi connectivity index (χ2n) is 7.64. The quantitative estimate of drug-likeness (QED) is 0.877. The number of aromatic nitrogens is 1. The number of ether oxygens (including phenoxy) is 1. The normalized spacial score (nSPS) is 24.2. The van der Waals surface area contributed by atoms with Crippen molar-refractivity contribution < 1.29 is 14.1 Å². The van der Waals surface area contributed by atoms with Crippen LogP contribution >= 0.6 is 0 Å². The molecular weight excluding hydrogens is 342 g/mol. The molecule has 144 valence electrons. The van der Waals surface area contributed by atoms with Crippen molar-refractivity contribution in [3.63, 3.8) is 0 Å². The van der Waals surface area contributed by atoms with Crippen molar-refractivity contribution in [2.45, 2.75) is 31.7 Å². The Bertz CT molecular complexity index is 770. The predicted molar refractivity (Wildman–Crippen MR) is 102 cm³/mol. The van der Waals surface area contributed by atoms with Gasteiger partial charge in [-0.2, -0.15) is 0 Å². The van der Waals surface area contributed by atoms with Crippen LogP contribution in [0.4, 0.5) is 0 Å². The third-order valence-electron chi connectivity index (χ3n) is 5.94. The molecule has 6 heteroatoms. The summed E-state index contributed by atoms with van der Waals surface area (Å²) in [6.07, 6.45) is 3.51. The standard InChI is InChI=1S/C21H27N3O3/c1-22-20(25)21(9-10-24(15-21)17-7-11-26-12-8-17)14-18-13-19(23-27-18)16-5-3-2-4-6-16/h2-6,13,17H,7-12,14-15H2,1H3,(H,22,25)/t21-/m1/s1. The topological polar surface area (TPSA) is 67.6 Å². The third-order valence-corrected chi connectivity index (χ3v) is 5.94. The molecule has 2 aromatic rings. The molecule has 0 radical (unpaired) electrons. The highest BCUT2D eigenvalue weighted by Gasteiger charge is 2.46. The molecule has 2 saturated heterocycles. The number of carbonyl (C=O) groups excluding carboxylic acids is 1. The van der Waals surface area contributed by atoms with Crippen LogP contribution in [-0.2, 0) is 16.0 Å². The Morgan fingerprint density at radius 3 is 2.81 bits per heavy atom. The smallest absolute Gasteiger partial charge is 0.227 e. The average molecular weight is 369 g/mol. The SMILES string of the molecule is CNC(=O)[C@@]1(Cc2cc(-c3ccccc3)no2)CCN(C2CCOCC2)C1. The zero-order valence-corrected chi connectivity index (χ0v) is 15.8. The lowest BCUT2D eigenvalue weighted by Gasteiger charge is -2.33. The zero-order valence-electron chi connectivity index (χ0n) is 15.8. The van der Waals surface area contributed by atoms with Gasteiger partial charge in [-0.05, 0) is 25.8 Å². The number of likely N-dealkylation sites (tertiary alicyclic amines) is 1. The van der Waals surface area contributed by atoms with Gasteiger partial charge < -0.3 is 14.6 Å². The van der Waals surface area contributed by atoms with Crippen LogP contribution in [0.3, 0.4) is 0 Å². The molecule has 1 aromatic carbocycles. The molecule has 3 heterocycles. The summed E-state index contributed by atoms with van der Waals surface area (Å²) in [5.41, 5.74) is 1.38. The van der Waals surface area contributed by atoms with Gasteiger partial charge in [-0.1, -0.05) is 35.5 Å². The molecule has 2 aliphatic rings. The van der Waals surface area contributed by atoms with Crippen LogP contribution in [0.5, 0.6) is 0 Å². The van der Waals surface area contributed by atoms with Crippen molar-refractivity contribution in [3.05, 3.63) is 42.2 Å². The van der Waals surface area contributed by atoms with Gasteiger partial charge >= 0.3 is 0 Å². The molecule has 2 aliphatic heterocycles. The van der Waals surface area contributed by atoms with Crippen molar-refractivity contribution in [1.82, 2.24) is 15.4 Å². The lowest BCUT2D eigenvalue weighted by molar-refractivity contribution is -0.130. The van der Waals surface area contributed by atoms with Gasteiger partial charge in [-0.3, -0.25) is 9.69 Å². The molecule has 1 aromatic heterocycles. The van der Waals surface area contributed by atoms with Crippen molar-refractivity contribution in [2.75, 3.05) is 33.4 Å². The van der Waals surface area contributed by atoms with Gasteiger partial charge in [0.2, 0.25) is 5.91 Å². The minimum atomic E-state index is -0.458. The van der Waals surface area contributed by atoms with E-state index in [9.17, 15) is 4.79 Å². The maximum Gasteiger partial charge on any atom is 0.227 e. The van der Waals surface area contributed by atoms with E-state index in [1.807, 2.05) is 36.4 Å². The van der Waals surface area contributed by atoms with Crippen LogP contribution in [-0.4, -0.2) is 55.4 Å². The molecule has 4 rings (SSSR count). The zero-order chi connectivity index (χ0) is 18.7. The number of nitrogens with zero attached hydrogens (tertiary/aromatic N) is 2. The molecule has 6 nitrogen and oxygen atoms in total. The fraction of sp³-hybridized carbons (Fsp3) is 0.524. The maximum absolute atomic E-state index is 12.8. The Morgan fingerprint density at radius 1 is 1.30 bits per heavy atom. The van der Waals surface area contributed by atoms with Gasteiger partial charge in [0.05, 0.1) is 5.41 Å². The molecule has 2 fully saturated rings. The van der Waals surface area contributed by atoms with Crippen molar-refractivity contribution in [2.24, 2.45) is 5.41 Å². The van der Waals surface area contributed by atoms with Crippen LogP contribution < -0.4 is 5.32 Å². The van der Waals surface area contributed by atoms with Gasteiger partial charge in [-0.25, -0.2) is 0 Å². The van der Waals surface area contributed by atoms with E-state index in [0.29, 0.717) is 12.5 Å². The molecule has 1 amide bonds. The third kappa shape index (κ3) is 3.77. The second-order valence-corrected chi connectivity index (χ2v) is 7.64. The van der Waals surface area contributed by atoms with Gasteiger partial charge in [0.25, 0.3) is 0 Å². The summed E-state index contributed by atoms with van der Waals surface area (Å²) in [4.78, 5) is 15.3. The number of hydrogen-bond donors (Lipinski definition) is 1. The van der Waals surface area contributed by atoms with Crippen LogP contribution in [0.2, 0.25) is 0 Å². The first-order valence-corrected chi connectivity index (χ1v) is 9.75. The van der Waals surface area contributed by atoms with Crippen LogP contribution in [0.1, 0.15) is 25.0 Å². The fourth-order valence-corrected chi connectivity index (χ4v) is 4.42. The van der Waals surface area contributed by atoms with Crippen molar-refractivity contribution >= 4 is 5.91 Å². The van der Waals surface area contributed by atoms with E-state index in [4.69, 9.17) is 9.26 Å². The molecule has 0 aliphatic carbocycles. The number of benzene rings is 1. The molecule has 1 atom stereocenters. The van der Waals surface area contributed by atoms with Gasteiger partial charge in [0.15, 0.2) is 0 Å². The Kier molecular flexibility index (Phi) is 5.27. The molecule has 1 N–H and O–H groups in total. The highest BCUT2D eigenvalue weighted by atomic mass is 16.5. The van der Waals surface area contributed by atoms with Crippen LogP contribution in [0, 0.1) is 5.41 Å². The first kappa shape index (κ1) is 18.2. The number of amides is 1. The van der Waals surface area contributed by atoms with E-state index in [0.717, 1.165) is 62.6 Å². The summed E-state index contributed by atoms with van der Waals surface area (Å²) < 4.78 is 11.1. The minimum absolute atomic E-state index is 0.0923. The van der Waals surface area contributed by atoms with E-state index in [1.165, 1.54) is 0 Å². The maximum atomic E-state index is 12.8. The highest BCUT2D eigenvalue weighted by molar-refractivity contribution is 5.83. The molecule has 0 unspecified atom stereocenters. The van der Waals surface area contributed by atoms with Crippen LogP contribution in [0.25, 0.3) is 11.3 Å². The van der Waals surface area contributed by atoms with Gasteiger partial charge in [0, 0.05) is 50.9 Å². The first-order valence-electron chi connectivity index (χ1n) is 9.75. The summed E-state index contributed by atoms with van der Waals surface area (Å²) in [5.74, 6) is 0.862. The molecule has 0 bridgehead atoms. The summed E-state index contributed by atoms with van der Waals surface area (Å²) in [7, 11) is 1.72. The Morgan fingerprint density at radius 2 is 2.07 bits per heavy atom. The highest BCUT2D eigenvalue weighted by Crippen LogP contribution is 2.37. The lowest BCUT2D eigenvalue weighted by Crippen LogP contribution is -2.45. The summed E-state index contributed by atoms with van der Waals surface area (Å²) in [5, 5.41) is 7.09. The Balaban J connectivity index is 1.52. The lowest BCUT2D eigenvalue weighted by atomic mass is 9.81. The van der Waals surface area contributed by atoms with E-state index in [2.05, 4.69) is 15.4 Å². The molecule has 0 spiro atoms. The first-order chi connectivity index (χ1) is 13.2. The van der Waals surface area contributed by atoms with Gasteiger partial charge in [0.1, 0.15) is 11.5 Å². The van der Waals surface area contributed by atoms with E-state index >= 15 is 0 Å². The predicted octanol–water partition coefficient (Wildman–Crippen LogP) is 2.50. The van der Waals surface area contributed by atoms with E-state index in [-0.39, 0.29) is 5.91 Å². The minimum Gasteiger partial charge on any atom is -0.381 e. The van der Waals surface area contributed by atoms with Gasteiger partial charge in [-0.15, -0.1) is 0 Å². The van der Waals surface area contributed by atoms with Crippen molar-refractivity contribution in [1.29, 1.82) is 0 Å². The Hall–Kier alpha value is -2.18. The summed E-state index contributed by atoms with van der Waals surface area (Å²) in [6, 6.07) is 12.5. The summed E-state index contributed by atoms with van der Waals surface area (Å²) >= 11 is 0. The number of rotatable bonds is 5. The van der Waals surface area contributed by atoms with Crippen molar-refractivity contribution in [3.8, 4) is 11.3 Å². The molecule has 27 heavy (non-hydrogen) atoms. The number of hydrogen-bond acceptors (Lipinski definition) is 5. The average Bonchev–Trinajstić information content (AvgIpc) is 3.37. The fourth-order valence-electron chi connectivity index (χ4n) is 4.42.